The van der Waals surface area contributed by atoms with Crippen molar-refractivity contribution in [1.82, 2.24) is 5.32 Å². The Hall–Kier alpha value is -2.76. The average molecular weight is 303 g/mol. The molecule has 1 aromatic carbocycles. The normalized spacial score (nSPS) is 11.7. The highest BCUT2D eigenvalue weighted by Crippen LogP contribution is 2.20. The van der Waals surface area contributed by atoms with Gasteiger partial charge in [-0.3, -0.25) is 4.79 Å². The molecule has 1 unspecified atom stereocenters. The minimum Gasteiger partial charge on any atom is -0.497 e. The summed E-state index contributed by atoms with van der Waals surface area (Å²) >= 11 is 0. The number of carboxylic acid groups (broad SMARTS) is 1. The zero-order valence-electron chi connectivity index (χ0n) is 12.3. The van der Waals surface area contributed by atoms with Gasteiger partial charge in [-0.2, -0.15) is 0 Å². The highest BCUT2D eigenvalue weighted by Gasteiger charge is 2.16. The fourth-order valence-electron chi connectivity index (χ4n) is 1.98. The molecule has 0 aliphatic heterocycles. The van der Waals surface area contributed by atoms with Crippen molar-refractivity contribution in [3.63, 3.8) is 0 Å². The molecule has 0 aliphatic rings. The lowest BCUT2D eigenvalue weighted by molar-refractivity contribution is -0.122. The van der Waals surface area contributed by atoms with Gasteiger partial charge in [0.1, 0.15) is 11.5 Å². The maximum atomic E-state index is 12.1. The predicted octanol–water partition coefficient (Wildman–Crippen LogP) is 2.41. The van der Waals surface area contributed by atoms with Gasteiger partial charge in [0, 0.05) is 0 Å². The minimum absolute atomic E-state index is 0.139. The summed E-state index contributed by atoms with van der Waals surface area (Å²) in [7, 11) is 1.57. The number of benzene rings is 1. The van der Waals surface area contributed by atoms with Crippen molar-refractivity contribution in [3.8, 4) is 5.75 Å². The maximum absolute atomic E-state index is 12.1. The minimum atomic E-state index is -1.14. The van der Waals surface area contributed by atoms with Crippen molar-refractivity contribution in [1.29, 1.82) is 0 Å². The molecule has 2 N–H and O–H groups in total. The number of carbonyl (C=O) groups is 2. The standard InChI is InChI=1S/C16H17NO5/c1-10(11-4-3-5-12(8-11)21-2)15(18)17-9-13-6-7-14(22-13)16(19)20/h3-8,10H,9H2,1-2H3,(H,17,18)(H,19,20). The monoisotopic (exact) mass is 303 g/mol. The Morgan fingerprint density at radius 1 is 1.32 bits per heavy atom. The second kappa shape index (κ2) is 6.80. The summed E-state index contributed by atoms with van der Waals surface area (Å²) < 4.78 is 10.2. The Bertz CT molecular complexity index is 677. The fraction of sp³-hybridized carbons (Fsp3) is 0.250. The van der Waals surface area contributed by atoms with Crippen LogP contribution in [0.4, 0.5) is 0 Å². The Morgan fingerprint density at radius 3 is 2.73 bits per heavy atom. The highest BCUT2D eigenvalue weighted by molar-refractivity contribution is 5.84. The number of carbonyl (C=O) groups excluding carboxylic acids is 1. The van der Waals surface area contributed by atoms with Gasteiger partial charge in [-0.25, -0.2) is 4.79 Å². The van der Waals surface area contributed by atoms with Crippen LogP contribution in [0.3, 0.4) is 0 Å². The summed E-state index contributed by atoms with van der Waals surface area (Å²) in [5.74, 6) is -0.740. The molecule has 22 heavy (non-hydrogen) atoms. The highest BCUT2D eigenvalue weighted by atomic mass is 16.5. The quantitative estimate of drug-likeness (QED) is 0.855. The van der Waals surface area contributed by atoms with E-state index in [4.69, 9.17) is 14.3 Å². The first kappa shape index (κ1) is 15.6. The first-order valence-corrected chi connectivity index (χ1v) is 6.75. The van der Waals surface area contributed by atoms with E-state index in [2.05, 4.69) is 5.32 Å². The molecule has 1 heterocycles. The Morgan fingerprint density at radius 2 is 2.09 bits per heavy atom. The average Bonchev–Trinajstić information content (AvgIpc) is 3.01. The van der Waals surface area contributed by atoms with E-state index in [9.17, 15) is 9.59 Å². The molecule has 0 spiro atoms. The number of aromatic carboxylic acids is 1. The van der Waals surface area contributed by atoms with Crippen LogP contribution in [-0.4, -0.2) is 24.1 Å². The van der Waals surface area contributed by atoms with Crippen LogP contribution in [0, 0.1) is 0 Å². The molecule has 6 nitrogen and oxygen atoms in total. The molecule has 116 valence electrons. The molecule has 1 aromatic heterocycles. The van der Waals surface area contributed by atoms with Crippen LogP contribution in [0.5, 0.6) is 5.75 Å². The van der Waals surface area contributed by atoms with Crippen molar-refractivity contribution in [2.24, 2.45) is 0 Å². The second-order valence-electron chi connectivity index (χ2n) is 4.79. The summed E-state index contributed by atoms with van der Waals surface area (Å²) in [5.41, 5.74) is 0.836. The number of methoxy groups -OCH3 is 1. The number of carboxylic acids is 1. The number of hydrogen-bond acceptors (Lipinski definition) is 4. The third kappa shape index (κ3) is 3.66. The van der Waals surface area contributed by atoms with E-state index in [1.807, 2.05) is 18.2 Å². The van der Waals surface area contributed by atoms with Crippen molar-refractivity contribution in [2.75, 3.05) is 7.11 Å². The molecule has 1 amide bonds. The molecule has 2 rings (SSSR count). The fourth-order valence-corrected chi connectivity index (χ4v) is 1.98. The molecule has 0 bridgehead atoms. The van der Waals surface area contributed by atoms with Crippen LogP contribution < -0.4 is 10.1 Å². The zero-order chi connectivity index (χ0) is 16.1. The van der Waals surface area contributed by atoms with Gasteiger partial charge in [0.15, 0.2) is 0 Å². The molecule has 1 atom stereocenters. The predicted molar refractivity (Wildman–Crippen MR) is 78.9 cm³/mol. The Kier molecular flexibility index (Phi) is 4.83. The Balaban J connectivity index is 1.97. The summed E-state index contributed by atoms with van der Waals surface area (Å²) in [6.45, 7) is 1.93. The molecule has 2 aromatic rings. The SMILES string of the molecule is COc1cccc(C(C)C(=O)NCc2ccc(C(=O)O)o2)c1. The van der Waals surface area contributed by atoms with Crippen molar-refractivity contribution >= 4 is 11.9 Å². The van der Waals surface area contributed by atoms with E-state index in [-0.39, 0.29) is 24.1 Å². The summed E-state index contributed by atoms with van der Waals surface area (Å²) in [5, 5.41) is 11.5. The third-order valence-electron chi connectivity index (χ3n) is 3.30. The van der Waals surface area contributed by atoms with Gasteiger partial charge >= 0.3 is 5.97 Å². The van der Waals surface area contributed by atoms with Crippen LogP contribution in [0.25, 0.3) is 0 Å². The van der Waals surface area contributed by atoms with E-state index in [0.29, 0.717) is 11.5 Å². The number of amides is 1. The van der Waals surface area contributed by atoms with E-state index in [1.54, 1.807) is 20.1 Å². The lowest BCUT2D eigenvalue weighted by Crippen LogP contribution is -2.27. The van der Waals surface area contributed by atoms with Gasteiger partial charge in [0.25, 0.3) is 0 Å². The van der Waals surface area contributed by atoms with E-state index in [0.717, 1.165) is 5.56 Å². The molecule has 0 saturated heterocycles. The summed E-state index contributed by atoms with van der Waals surface area (Å²) in [6.07, 6.45) is 0. The van der Waals surface area contributed by atoms with Crippen LogP contribution in [0.1, 0.15) is 34.7 Å². The van der Waals surface area contributed by atoms with Crippen LogP contribution in [0.2, 0.25) is 0 Å². The first-order valence-electron chi connectivity index (χ1n) is 6.75. The zero-order valence-corrected chi connectivity index (χ0v) is 12.3. The molecule has 0 saturated carbocycles. The topological polar surface area (TPSA) is 88.8 Å². The molecule has 6 heteroatoms. The van der Waals surface area contributed by atoms with Gasteiger partial charge in [0.05, 0.1) is 19.6 Å². The van der Waals surface area contributed by atoms with Gasteiger partial charge in [0.2, 0.25) is 11.7 Å². The summed E-state index contributed by atoms with van der Waals surface area (Å²) in [6, 6.07) is 10.2. The van der Waals surface area contributed by atoms with Crippen molar-refractivity contribution in [3.05, 3.63) is 53.5 Å². The van der Waals surface area contributed by atoms with Crippen LogP contribution in [-0.2, 0) is 11.3 Å². The van der Waals surface area contributed by atoms with E-state index in [1.165, 1.54) is 12.1 Å². The Labute approximate surface area is 127 Å². The number of hydrogen-bond donors (Lipinski definition) is 2. The van der Waals surface area contributed by atoms with Gasteiger partial charge in [-0.15, -0.1) is 0 Å². The van der Waals surface area contributed by atoms with Gasteiger partial charge in [-0.05, 0) is 36.8 Å². The smallest absolute Gasteiger partial charge is 0.371 e. The van der Waals surface area contributed by atoms with E-state index >= 15 is 0 Å². The number of rotatable bonds is 6. The largest absolute Gasteiger partial charge is 0.497 e. The van der Waals surface area contributed by atoms with E-state index < -0.39 is 5.97 Å². The summed E-state index contributed by atoms with van der Waals surface area (Å²) in [4.78, 5) is 22.9. The third-order valence-corrected chi connectivity index (χ3v) is 3.30. The maximum Gasteiger partial charge on any atom is 0.371 e. The molecule has 0 fully saturated rings. The lowest BCUT2D eigenvalue weighted by Gasteiger charge is -2.12. The van der Waals surface area contributed by atoms with Crippen LogP contribution >= 0.6 is 0 Å². The lowest BCUT2D eigenvalue weighted by atomic mass is 10.00. The number of furan rings is 1. The molecule has 0 aliphatic carbocycles. The van der Waals surface area contributed by atoms with Gasteiger partial charge in [-0.1, -0.05) is 12.1 Å². The van der Waals surface area contributed by atoms with Crippen molar-refractivity contribution < 1.29 is 23.8 Å². The van der Waals surface area contributed by atoms with Crippen molar-refractivity contribution in [2.45, 2.75) is 19.4 Å². The second-order valence-corrected chi connectivity index (χ2v) is 4.79. The molecular weight excluding hydrogens is 286 g/mol. The molecule has 0 radical (unpaired) electrons. The van der Waals surface area contributed by atoms with Crippen LogP contribution in [0.15, 0.2) is 40.8 Å². The molecular formula is C16H17NO5. The first-order chi connectivity index (χ1) is 10.5. The van der Waals surface area contributed by atoms with Gasteiger partial charge < -0.3 is 19.6 Å². The number of ether oxygens (including phenoxy) is 1. The number of nitrogens with one attached hydrogen (secondary N) is 1.